The van der Waals surface area contributed by atoms with Crippen molar-refractivity contribution in [3.05, 3.63) is 64.8 Å². The standard InChI is InChI=1S/C29H29F2N5O6S/c1-16-23(25(37)33-18-8-7-9-19(13-18)43(6,39)36-27(38)42-28(2,3)4)26(35-34-24(16)20-14-29(20,30)31)41-21-11-10-17(15-32)12-22(21)40-5/h7-13,20H,14H2,1-6H3,(H,33,37)/t20?,43-/m0/s1. The predicted octanol–water partition coefficient (Wildman–Crippen LogP) is 6.22. The van der Waals surface area contributed by atoms with Crippen molar-refractivity contribution in [2.24, 2.45) is 4.36 Å². The van der Waals surface area contributed by atoms with Gasteiger partial charge in [-0.25, -0.2) is 17.8 Å². The Hall–Kier alpha value is -4.64. The number of aromatic nitrogens is 2. The minimum absolute atomic E-state index is 0.0456. The Balaban J connectivity index is 1.71. The minimum Gasteiger partial charge on any atom is -0.493 e. The van der Waals surface area contributed by atoms with Crippen LogP contribution in [0.5, 0.6) is 17.4 Å². The van der Waals surface area contributed by atoms with Crippen LogP contribution < -0.4 is 14.8 Å². The van der Waals surface area contributed by atoms with E-state index in [1.807, 2.05) is 6.07 Å². The maximum absolute atomic E-state index is 14.0. The summed E-state index contributed by atoms with van der Waals surface area (Å²) in [6.45, 7) is 6.41. The zero-order chi connectivity index (χ0) is 31.7. The molecule has 1 unspecified atom stereocenters. The number of hydrogen-bond acceptors (Lipinski definition) is 9. The van der Waals surface area contributed by atoms with Crippen molar-refractivity contribution in [3.63, 3.8) is 0 Å². The van der Waals surface area contributed by atoms with Crippen molar-refractivity contribution in [1.82, 2.24) is 10.2 Å². The van der Waals surface area contributed by atoms with Crippen molar-refractivity contribution in [2.75, 3.05) is 18.7 Å². The normalized spacial score (nSPS) is 16.7. The maximum Gasteiger partial charge on any atom is 0.442 e. The summed E-state index contributed by atoms with van der Waals surface area (Å²) in [7, 11) is -1.90. The largest absolute Gasteiger partial charge is 0.493 e. The zero-order valence-electron chi connectivity index (χ0n) is 24.2. The Morgan fingerprint density at radius 2 is 1.86 bits per heavy atom. The van der Waals surface area contributed by atoms with E-state index in [2.05, 4.69) is 19.9 Å². The molecule has 0 saturated heterocycles. The van der Waals surface area contributed by atoms with Crippen LogP contribution in [0.4, 0.5) is 19.3 Å². The van der Waals surface area contributed by atoms with E-state index in [0.717, 1.165) is 0 Å². The number of nitrogens with zero attached hydrogens (tertiary/aromatic N) is 4. The smallest absolute Gasteiger partial charge is 0.442 e. The molecule has 0 radical (unpaired) electrons. The zero-order valence-corrected chi connectivity index (χ0v) is 25.0. The second-order valence-corrected chi connectivity index (χ2v) is 13.1. The van der Waals surface area contributed by atoms with Crippen LogP contribution in [0.1, 0.15) is 60.3 Å². The SMILES string of the molecule is COc1cc(C#N)ccc1Oc1nnc(C2CC2(F)F)c(C)c1C(=O)Nc1cccc([S@](C)(=O)=NC(=O)OC(C)(C)C)c1. The van der Waals surface area contributed by atoms with E-state index in [1.54, 1.807) is 20.8 Å². The van der Waals surface area contributed by atoms with Gasteiger partial charge in [0.05, 0.1) is 40.1 Å². The fourth-order valence-electron chi connectivity index (χ4n) is 4.10. The maximum atomic E-state index is 14.0. The molecule has 1 aliphatic rings. The molecule has 0 spiro atoms. The van der Waals surface area contributed by atoms with Crippen LogP contribution in [0.3, 0.4) is 0 Å². The third kappa shape index (κ3) is 7.23. The molecule has 0 bridgehead atoms. The first kappa shape index (κ1) is 31.3. The number of carbonyl (C=O) groups is 2. The van der Waals surface area contributed by atoms with Crippen molar-refractivity contribution in [3.8, 4) is 23.4 Å². The van der Waals surface area contributed by atoms with Crippen LogP contribution in [0.25, 0.3) is 0 Å². The number of hydrogen-bond donors (Lipinski definition) is 1. The highest BCUT2D eigenvalue weighted by atomic mass is 32.2. The lowest BCUT2D eigenvalue weighted by atomic mass is 10.1. The average Bonchev–Trinajstić information content (AvgIpc) is 3.54. The first-order valence-corrected chi connectivity index (χ1v) is 14.8. The molecule has 2 amide bonds. The number of carbonyl (C=O) groups excluding carboxylic acids is 2. The van der Waals surface area contributed by atoms with Gasteiger partial charge in [0.1, 0.15) is 11.2 Å². The fraction of sp³-hybridized carbons (Fsp3) is 0.345. The number of amides is 2. The Bertz CT molecular complexity index is 1770. The average molecular weight is 614 g/mol. The van der Waals surface area contributed by atoms with Crippen LogP contribution in [-0.2, 0) is 14.5 Å². The Morgan fingerprint density at radius 3 is 2.47 bits per heavy atom. The molecule has 2 atom stereocenters. The number of halogens is 2. The number of rotatable bonds is 7. The van der Waals surface area contributed by atoms with E-state index < -0.39 is 45.6 Å². The molecule has 4 rings (SSSR count). The Labute approximate surface area is 247 Å². The molecule has 1 heterocycles. The van der Waals surface area contributed by atoms with Gasteiger partial charge >= 0.3 is 6.09 Å². The number of ether oxygens (including phenoxy) is 3. The lowest BCUT2D eigenvalue weighted by molar-refractivity contribution is 0.0607. The molecule has 1 aliphatic carbocycles. The van der Waals surface area contributed by atoms with Gasteiger partial charge < -0.3 is 19.5 Å². The van der Waals surface area contributed by atoms with Gasteiger partial charge in [-0.15, -0.1) is 9.46 Å². The first-order valence-electron chi connectivity index (χ1n) is 12.9. The van der Waals surface area contributed by atoms with Crippen LogP contribution in [0, 0.1) is 18.3 Å². The molecule has 43 heavy (non-hydrogen) atoms. The lowest BCUT2D eigenvalue weighted by Crippen LogP contribution is -2.22. The number of anilines is 1. The summed E-state index contributed by atoms with van der Waals surface area (Å²) >= 11 is 0. The topological polar surface area (TPSA) is 153 Å². The highest BCUT2D eigenvalue weighted by molar-refractivity contribution is 7.93. The molecule has 1 saturated carbocycles. The summed E-state index contributed by atoms with van der Waals surface area (Å²) in [4.78, 5) is 26.0. The van der Waals surface area contributed by atoms with Crippen molar-refractivity contribution in [2.45, 2.75) is 56.5 Å². The summed E-state index contributed by atoms with van der Waals surface area (Å²) in [6.07, 6.45) is -0.174. The molecule has 1 aromatic heterocycles. The molecular weight excluding hydrogens is 584 g/mol. The lowest BCUT2D eigenvalue weighted by Gasteiger charge is -2.18. The molecule has 0 aliphatic heterocycles. The van der Waals surface area contributed by atoms with Gasteiger partial charge in [0.2, 0.25) is 0 Å². The van der Waals surface area contributed by atoms with E-state index in [-0.39, 0.29) is 44.8 Å². The van der Waals surface area contributed by atoms with Crippen LogP contribution >= 0.6 is 0 Å². The molecular formula is C29H29F2N5O6S. The van der Waals surface area contributed by atoms with Crippen molar-refractivity contribution in [1.29, 1.82) is 5.26 Å². The molecule has 1 N–H and O–H groups in total. The summed E-state index contributed by atoms with van der Waals surface area (Å²) in [6, 6.07) is 12.2. The van der Waals surface area contributed by atoms with Crippen LogP contribution in [0.2, 0.25) is 0 Å². The Kier molecular flexibility index (Phi) is 8.42. The van der Waals surface area contributed by atoms with Gasteiger partial charge in [-0.1, -0.05) is 6.07 Å². The summed E-state index contributed by atoms with van der Waals surface area (Å²) < 4.78 is 61.3. The second kappa shape index (κ2) is 11.6. The molecule has 11 nitrogen and oxygen atoms in total. The number of nitriles is 1. The van der Waals surface area contributed by atoms with Gasteiger partial charge in [0.25, 0.3) is 17.7 Å². The van der Waals surface area contributed by atoms with Gasteiger partial charge in [-0.2, -0.15) is 10.4 Å². The van der Waals surface area contributed by atoms with E-state index in [0.29, 0.717) is 5.56 Å². The number of alkyl halides is 2. The molecule has 14 heteroatoms. The van der Waals surface area contributed by atoms with Crippen molar-refractivity contribution >= 4 is 27.4 Å². The van der Waals surface area contributed by atoms with Gasteiger partial charge in [0, 0.05) is 29.3 Å². The Morgan fingerprint density at radius 1 is 1.16 bits per heavy atom. The van der Waals surface area contributed by atoms with Crippen LogP contribution in [0.15, 0.2) is 51.7 Å². The van der Waals surface area contributed by atoms with Crippen molar-refractivity contribution < 1.29 is 36.8 Å². The molecule has 1 fully saturated rings. The first-order chi connectivity index (χ1) is 20.0. The molecule has 3 aromatic rings. The van der Waals surface area contributed by atoms with E-state index in [4.69, 9.17) is 14.2 Å². The number of methoxy groups -OCH3 is 1. The third-order valence-corrected chi connectivity index (χ3v) is 7.90. The minimum atomic E-state index is -3.27. The summed E-state index contributed by atoms with van der Waals surface area (Å²) in [5, 5.41) is 19.8. The van der Waals surface area contributed by atoms with Gasteiger partial charge in [-0.3, -0.25) is 4.79 Å². The predicted molar refractivity (Wildman–Crippen MR) is 152 cm³/mol. The number of benzene rings is 2. The quantitative estimate of drug-likeness (QED) is 0.327. The summed E-state index contributed by atoms with van der Waals surface area (Å²) in [5.74, 6) is -4.97. The van der Waals surface area contributed by atoms with E-state index >= 15 is 0 Å². The highest BCUT2D eigenvalue weighted by Gasteiger charge is 2.59. The summed E-state index contributed by atoms with van der Waals surface area (Å²) in [5.41, 5.74) is -0.453. The van der Waals surface area contributed by atoms with Crippen LogP contribution in [-0.4, -0.2) is 51.3 Å². The third-order valence-electron chi connectivity index (χ3n) is 6.28. The molecule has 226 valence electrons. The molecule has 2 aromatic carbocycles. The van der Waals surface area contributed by atoms with E-state index in [1.165, 1.54) is 62.8 Å². The fourth-order valence-corrected chi connectivity index (χ4v) is 5.20. The second-order valence-electron chi connectivity index (χ2n) is 10.8. The number of nitrogens with one attached hydrogen (secondary N) is 1. The highest BCUT2D eigenvalue weighted by Crippen LogP contribution is 2.56. The van der Waals surface area contributed by atoms with Gasteiger partial charge in [-0.05, 0) is 63.6 Å². The van der Waals surface area contributed by atoms with Gasteiger partial charge in [0.15, 0.2) is 11.5 Å². The van der Waals surface area contributed by atoms with E-state index in [9.17, 15) is 27.8 Å². The monoisotopic (exact) mass is 613 g/mol.